The van der Waals surface area contributed by atoms with Gasteiger partial charge in [0.2, 0.25) is 0 Å². The highest BCUT2D eigenvalue weighted by Crippen LogP contribution is 2.34. The number of Topliss-reactive ketones (excluding diaryl/α,β-unsaturated/α-hetero) is 1. The first kappa shape index (κ1) is 23.2. The van der Waals surface area contributed by atoms with Crippen LogP contribution in [0.25, 0.3) is 0 Å². The smallest absolute Gasteiger partial charge is 0.407 e. The Labute approximate surface area is 198 Å². The number of nitrogens with zero attached hydrogens (tertiary/aromatic N) is 3. The van der Waals surface area contributed by atoms with Crippen molar-refractivity contribution in [2.24, 2.45) is 0 Å². The third-order valence-electron chi connectivity index (χ3n) is 6.16. The lowest BCUT2D eigenvalue weighted by Crippen LogP contribution is -2.53. The third kappa shape index (κ3) is 5.01. The van der Waals surface area contributed by atoms with Crippen LogP contribution in [0.5, 0.6) is 17.2 Å². The summed E-state index contributed by atoms with van der Waals surface area (Å²) in [6.07, 6.45) is 2.89. The second-order valence-electron chi connectivity index (χ2n) is 8.80. The number of ketones is 1. The molecule has 1 aromatic heterocycles. The van der Waals surface area contributed by atoms with Gasteiger partial charge in [-0.15, -0.1) is 0 Å². The van der Waals surface area contributed by atoms with E-state index in [9.17, 15) is 9.59 Å². The Bertz CT molecular complexity index is 1160. The number of carbonyl (C=O) groups excluding carboxylic acids is 1. The highest BCUT2D eigenvalue weighted by molar-refractivity contribution is 5.90. The molecule has 1 aliphatic heterocycles. The lowest BCUT2D eigenvalue weighted by Gasteiger charge is -2.38. The summed E-state index contributed by atoms with van der Waals surface area (Å²) in [5.74, 6) is 1.79. The van der Waals surface area contributed by atoms with Gasteiger partial charge in [0.25, 0.3) is 0 Å². The number of aromatic nitrogens is 2. The molecule has 3 aromatic rings. The molecule has 0 spiro atoms. The van der Waals surface area contributed by atoms with Crippen LogP contribution in [-0.2, 0) is 5.41 Å². The second-order valence-corrected chi connectivity index (χ2v) is 8.80. The van der Waals surface area contributed by atoms with E-state index in [0.29, 0.717) is 24.7 Å². The minimum Gasteiger partial charge on any atom is -0.491 e. The molecular formula is C26H27N3O5. The molecule has 0 radical (unpaired) electrons. The molecule has 8 nitrogen and oxygen atoms in total. The fourth-order valence-corrected chi connectivity index (χ4v) is 3.82. The monoisotopic (exact) mass is 461 g/mol. The van der Waals surface area contributed by atoms with Crippen molar-refractivity contribution in [2.45, 2.75) is 38.6 Å². The summed E-state index contributed by atoms with van der Waals surface area (Å²) < 4.78 is 11.6. The van der Waals surface area contributed by atoms with E-state index < -0.39 is 6.09 Å². The summed E-state index contributed by atoms with van der Waals surface area (Å²) in [6.45, 7) is 6.64. The maximum Gasteiger partial charge on any atom is 0.407 e. The number of ether oxygens (including phenoxy) is 2. The summed E-state index contributed by atoms with van der Waals surface area (Å²) in [6, 6.07) is 15.6. The summed E-state index contributed by atoms with van der Waals surface area (Å²) >= 11 is 0. The summed E-state index contributed by atoms with van der Waals surface area (Å²) in [5, 5.41) is 9.10. The van der Waals surface area contributed by atoms with Gasteiger partial charge in [0, 0.05) is 18.9 Å². The van der Waals surface area contributed by atoms with Gasteiger partial charge in [-0.05, 0) is 41.8 Å². The second kappa shape index (κ2) is 9.51. The fraction of sp³-hybridized carbons (Fsp3) is 0.308. The van der Waals surface area contributed by atoms with Crippen LogP contribution in [0, 0.1) is 0 Å². The van der Waals surface area contributed by atoms with Crippen LogP contribution < -0.4 is 9.47 Å². The van der Waals surface area contributed by atoms with Crippen LogP contribution in [0.15, 0.2) is 60.9 Å². The van der Waals surface area contributed by atoms with Gasteiger partial charge in [0.15, 0.2) is 17.4 Å². The van der Waals surface area contributed by atoms with E-state index in [4.69, 9.17) is 14.6 Å². The predicted molar refractivity (Wildman–Crippen MR) is 126 cm³/mol. The zero-order valence-corrected chi connectivity index (χ0v) is 19.4. The molecule has 0 aliphatic carbocycles. The minimum atomic E-state index is -0.896. The number of amides is 1. The van der Waals surface area contributed by atoms with Crippen molar-refractivity contribution in [3.8, 4) is 17.2 Å². The first-order valence-electron chi connectivity index (χ1n) is 11.1. The number of hydrogen-bond donors (Lipinski definition) is 1. The molecule has 1 N–H and O–H groups in total. The number of carbonyl (C=O) groups is 2. The zero-order valence-electron chi connectivity index (χ0n) is 19.4. The van der Waals surface area contributed by atoms with E-state index >= 15 is 0 Å². The van der Waals surface area contributed by atoms with Crippen molar-refractivity contribution in [1.29, 1.82) is 0 Å². The van der Waals surface area contributed by atoms with Crippen LogP contribution in [0.2, 0.25) is 0 Å². The van der Waals surface area contributed by atoms with E-state index in [-0.39, 0.29) is 23.1 Å². The molecule has 0 bridgehead atoms. The average molecular weight is 462 g/mol. The Morgan fingerprint density at radius 1 is 0.971 bits per heavy atom. The van der Waals surface area contributed by atoms with Gasteiger partial charge in [0.1, 0.15) is 18.1 Å². The summed E-state index contributed by atoms with van der Waals surface area (Å²) in [4.78, 5) is 31.8. The molecule has 4 rings (SSSR count). The molecule has 1 saturated heterocycles. The van der Waals surface area contributed by atoms with Gasteiger partial charge in [0.05, 0.1) is 18.4 Å². The van der Waals surface area contributed by atoms with Gasteiger partial charge in [-0.3, -0.25) is 4.79 Å². The number of likely N-dealkylation sites (tertiary alicyclic amines) is 1. The first-order valence-corrected chi connectivity index (χ1v) is 11.1. The standard InChI is InChI=1S/C26H27N3O5/c1-17(30)24-27-14-23(15-28-24)34-22-10-6-19(7-11-22)26(2,3)18-4-8-21(9-5-18)33-16-20-12-13-29(20)25(31)32/h4-11,14-15,20H,12-13,16H2,1-3H3,(H,31,32)/t20-/m0/s1. The van der Waals surface area contributed by atoms with E-state index in [1.165, 1.54) is 24.2 Å². The zero-order chi connectivity index (χ0) is 24.3. The first-order chi connectivity index (χ1) is 16.2. The maximum atomic E-state index is 11.3. The highest BCUT2D eigenvalue weighted by Gasteiger charge is 2.32. The molecular weight excluding hydrogens is 434 g/mol. The van der Waals surface area contributed by atoms with Gasteiger partial charge in [-0.25, -0.2) is 14.8 Å². The van der Waals surface area contributed by atoms with Crippen LogP contribution in [0.1, 0.15) is 48.9 Å². The Balaban J connectivity index is 1.38. The largest absolute Gasteiger partial charge is 0.491 e. The number of rotatable bonds is 8. The molecule has 0 saturated carbocycles. The predicted octanol–water partition coefficient (Wildman–Crippen LogP) is 4.93. The van der Waals surface area contributed by atoms with Gasteiger partial charge >= 0.3 is 6.09 Å². The van der Waals surface area contributed by atoms with E-state index in [1.807, 2.05) is 48.5 Å². The van der Waals surface area contributed by atoms with E-state index in [2.05, 4.69) is 23.8 Å². The molecule has 2 aromatic carbocycles. The SMILES string of the molecule is CC(=O)c1ncc(Oc2ccc(C(C)(C)c3ccc(OC[C@@H]4CCN4C(=O)O)cc3)cc2)cn1. The summed E-state index contributed by atoms with van der Waals surface area (Å²) in [7, 11) is 0. The van der Waals surface area contributed by atoms with Crippen molar-refractivity contribution in [3.05, 3.63) is 77.9 Å². The molecule has 1 aliphatic rings. The quantitative estimate of drug-likeness (QED) is 0.475. The van der Waals surface area contributed by atoms with E-state index in [1.54, 1.807) is 0 Å². The van der Waals surface area contributed by atoms with Gasteiger partial charge in [-0.2, -0.15) is 0 Å². The third-order valence-corrected chi connectivity index (χ3v) is 6.16. The van der Waals surface area contributed by atoms with Crippen LogP contribution in [0.3, 0.4) is 0 Å². The minimum absolute atomic E-state index is 0.0759. The van der Waals surface area contributed by atoms with Crippen LogP contribution in [-0.4, -0.2) is 51.0 Å². The number of carboxylic acid groups (broad SMARTS) is 1. The van der Waals surface area contributed by atoms with Crippen LogP contribution in [0.4, 0.5) is 4.79 Å². The average Bonchev–Trinajstić information content (AvgIpc) is 2.79. The van der Waals surface area contributed by atoms with Crippen molar-refractivity contribution >= 4 is 11.9 Å². The van der Waals surface area contributed by atoms with Crippen LogP contribution >= 0.6 is 0 Å². The topological polar surface area (TPSA) is 102 Å². The van der Waals surface area contributed by atoms with Crippen molar-refractivity contribution in [3.63, 3.8) is 0 Å². The van der Waals surface area contributed by atoms with E-state index in [0.717, 1.165) is 23.3 Å². The fourth-order valence-electron chi connectivity index (χ4n) is 3.82. The van der Waals surface area contributed by atoms with Gasteiger partial charge < -0.3 is 19.5 Å². The molecule has 176 valence electrons. The van der Waals surface area contributed by atoms with Crippen molar-refractivity contribution < 1.29 is 24.2 Å². The molecule has 1 atom stereocenters. The highest BCUT2D eigenvalue weighted by atomic mass is 16.5. The molecule has 2 heterocycles. The normalized spacial score (nSPS) is 15.4. The number of benzene rings is 2. The Hall–Kier alpha value is -3.94. The van der Waals surface area contributed by atoms with Crippen molar-refractivity contribution in [2.75, 3.05) is 13.2 Å². The molecule has 0 unspecified atom stereocenters. The summed E-state index contributed by atoms with van der Waals surface area (Å²) in [5.41, 5.74) is 1.98. The Morgan fingerprint density at radius 2 is 1.53 bits per heavy atom. The lowest BCUT2D eigenvalue weighted by atomic mass is 9.78. The van der Waals surface area contributed by atoms with Gasteiger partial charge in [-0.1, -0.05) is 38.1 Å². The lowest BCUT2D eigenvalue weighted by molar-refractivity contribution is 0.0499. The number of hydrogen-bond acceptors (Lipinski definition) is 6. The van der Waals surface area contributed by atoms with Crippen molar-refractivity contribution in [1.82, 2.24) is 14.9 Å². The molecule has 1 amide bonds. The molecule has 1 fully saturated rings. The molecule has 8 heteroatoms. The Morgan fingerprint density at radius 3 is 2.00 bits per heavy atom. The molecule has 34 heavy (non-hydrogen) atoms. The Kier molecular flexibility index (Phi) is 6.49. The maximum absolute atomic E-state index is 11.3.